The summed E-state index contributed by atoms with van der Waals surface area (Å²) < 4.78 is 18.3. The van der Waals surface area contributed by atoms with Gasteiger partial charge in [-0.25, -0.2) is 0 Å². The Kier molecular flexibility index (Phi) is 10.8. The van der Waals surface area contributed by atoms with Gasteiger partial charge in [0.15, 0.2) is 0 Å². The zero-order valence-electron chi connectivity index (χ0n) is 18.7. The summed E-state index contributed by atoms with van der Waals surface area (Å²) in [6.07, 6.45) is 0. The largest absolute Gasteiger partial charge is 0.790 e. The Morgan fingerprint density at radius 1 is 1.04 bits per heavy atom. The number of phosphoric ester groups is 1. The first kappa shape index (κ1) is 26.1. The highest BCUT2D eigenvalue weighted by molar-refractivity contribution is 7.43. The van der Waals surface area contributed by atoms with Gasteiger partial charge in [-0.3, -0.25) is 19.0 Å². The molecule has 0 saturated heterocycles. The van der Waals surface area contributed by atoms with Crippen molar-refractivity contribution in [1.29, 1.82) is 0 Å². The lowest BCUT2D eigenvalue weighted by Gasteiger charge is -2.29. The zero-order chi connectivity index (χ0) is 21.5. The Labute approximate surface area is 165 Å². The van der Waals surface area contributed by atoms with Crippen LogP contribution in [-0.4, -0.2) is 90.6 Å². The molecule has 0 aromatic heterocycles. The SMILES string of the molecule is CC(C)COP(=O)([O-])[O-].CC1=[N+](C)CC(C)N1C.CC1=[N+](C)CC(C)N1C. The van der Waals surface area contributed by atoms with Crippen molar-refractivity contribution in [2.75, 3.05) is 47.9 Å². The second-order valence-corrected chi connectivity index (χ2v) is 9.06. The van der Waals surface area contributed by atoms with Gasteiger partial charge >= 0.3 is 0 Å². The Morgan fingerprint density at radius 2 is 1.37 bits per heavy atom. The molecule has 2 rings (SSSR count). The van der Waals surface area contributed by atoms with E-state index in [-0.39, 0.29) is 12.5 Å². The average Bonchev–Trinajstić information content (AvgIpc) is 2.90. The second-order valence-electron chi connectivity index (χ2n) is 7.91. The lowest BCUT2D eigenvalue weighted by Crippen LogP contribution is -2.28. The minimum Gasteiger partial charge on any atom is -0.790 e. The van der Waals surface area contributed by atoms with Crippen molar-refractivity contribution >= 4 is 19.5 Å². The summed E-state index contributed by atoms with van der Waals surface area (Å²) in [5, 5.41) is 0. The summed E-state index contributed by atoms with van der Waals surface area (Å²) >= 11 is 0. The molecule has 0 N–H and O–H groups in total. The summed E-state index contributed by atoms with van der Waals surface area (Å²) in [5.74, 6) is 2.83. The quantitative estimate of drug-likeness (QED) is 0.493. The van der Waals surface area contributed by atoms with Crippen molar-refractivity contribution in [3.63, 3.8) is 0 Å². The van der Waals surface area contributed by atoms with Crippen molar-refractivity contribution in [2.24, 2.45) is 5.92 Å². The smallest absolute Gasteiger partial charge is 0.243 e. The van der Waals surface area contributed by atoms with Crippen LogP contribution in [0.25, 0.3) is 0 Å². The number of amidine groups is 2. The molecule has 0 aromatic rings. The van der Waals surface area contributed by atoms with Crippen LogP contribution in [0.2, 0.25) is 0 Å². The van der Waals surface area contributed by atoms with E-state index in [0.717, 1.165) is 0 Å². The molecule has 9 heteroatoms. The molecule has 160 valence electrons. The summed E-state index contributed by atoms with van der Waals surface area (Å²) in [4.78, 5) is 24.2. The number of rotatable bonds is 3. The van der Waals surface area contributed by atoms with Crippen molar-refractivity contribution < 1.29 is 28.0 Å². The van der Waals surface area contributed by atoms with Crippen LogP contribution in [0.1, 0.15) is 41.5 Å². The molecule has 0 amide bonds. The van der Waals surface area contributed by atoms with Gasteiger partial charge in [-0.2, -0.15) is 0 Å². The van der Waals surface area contributed by atoms with Gasteiger partial charge in [0.25, 0.3) is 0 Å². The van der Waals surface area contributed by atoms with Crippen molar-refractivity contribution in [3.05, 3.63) is 0 Å². The van der Waals surface area contributed by atoms with E-state index in [1.54, 1.807) is 13.8 Å². The lowest BCUT2D eigenvalue weighted by atomic mass is 10.2. The van der Waals surface area contributed by atoms with Gasteiger partial charge < -0.3 is 18.9 Å². The summed E-state index contributed by atoms with van der Waals surface area (Å²) in [5.41, 5.74) is 0. The third-order valence-corrected chi connectivity index (χ3v) is 5.56. The standard InChI is InChI=1S/2C7H15N2.C4H11O4P/c2*1-6-5-8(3)7(2)9(6)4;1-4(2)3-8-9(5,6)7/h2*6H,5H2,1-4H3;4H,3H2,1-2H3,(H2,5,6,7)/q2*+1;/p-2. The first-order valence-electron chi connectivity index (χ1n) is 9.39. The van der Waals surface area contributed by atoms with E-state index >= 15 is 0 Å². The highest BCUT2D eigenvalue weighted by Crippen LogP contribution is 2.24. The summed E-state index contributed by atoms with van der Waals surface area (Å²) in [6, 6.07) is 1.38. The number of nitrogens with zero attached hydrogens (tertiary/aromatic N) is 4. The van der Waals surface area contributed by atoms with Gasteiger partial charge in [0.05, 0.1) is 42.6 Å². The van der Waals surface area contributed by atoms with Crippen LogP contribution in [0.5, 0.6) is 0 Å². The average molecular weight is 407 g/mol. The number of hydrogen-bond acceptors (Lipinski definition) is 6. The van der Waals surface area contributed by atoms with Crippen LogP contribution in [0.3, 0.4) is 0 Å². The maximum atomic E-state index is 9.79. The molecule has 0 bridgehead atoms. The van der Waals surface area contributed by atoms with E-state index in [1.807, 2.05) is 0 Å². The van der Waals surface area contributed by atoms with Crippen LogP contribution < -0.4 is 9.79 Å². The third kappa shape index (κ3) is 9.70. The fourth-order valence-electron chi connectivity index (χ4n) is 2.72. The molecule has 0 fully saturated rings. The maximum Gasteiger partial charge on any atom is 0.243 e. The molecule has 27 heavy (non-hydrogen) atoms. The number of hydrogen-bond donors (Lipinski definition) is 0. The Morgan fingerprint density at radius 3 is 1.44 bits per heavy atom. The number of likely N-dealkylation sites (N-methyl/N-ethyl adjacent to an activating group) is 4. The zero-order valence-corrected chi connectivity index (χ0v) is 19.6. The molecule has 2 unspecified atom stereocenters. The normalized spacial score (nSPS) is 22.9. The fraction of sp³-hybridized carbons (Fsp3) is 0.889. The first-order valence-corrected chi connectivity index (χ1v) is 10.8. The molecule has 0 radical (unpaired) electrons. The van der Waals surface area contributed by atoms with Gasteiger partial charge in [0.1, 0.15) is 25.2 Å². The van der Waals surface area contributed by atoms with Crippen LogP contribution in [0, 0.1) is 5.92 Å². The third-order valence-electron chi connectivity index (χ3n) is 5.09. The van der Waals surface area contributed by atoms with Crippen molar-refractivity contribution in [2.45, 2.75) is 53.6 Å². The topological polar surface area (TPSA) is 84.9 Å². The molecule has 8 nitrogen and oxygen atoms in total. The van der Waals surface area contributed by atoms with E-state index in [2.05, 4.69) is 79.4 Å². The molecular formula is C18H39N4O4P. The highest BCUT2D eigenvalue weighted by Gasteiger charge is 2.28. The van der Waals surface area contributed by atoms with Crippen LogP contribution in [-0.2, 0) is 9.09 Å². The van der Waals surface area contributed by atoms with Crippen molar-refractivity contribution in [1.82, 2.24) is 9.80 Å². The maximum absolute atomic E-state index is 9.79. The van der Waals surface area contributed by atoms with Gasteiger partial charge in [-0.15, -0.1) is 0 Å². The predicted molar refractivity (Wildman–Crippen MR) is 106 cm³/mol. The van der Waals surface area contributed by atoms with Crippen molar-refractivity contribution in [3.8, 4) is 0 Å². The molecule has 2 aliphatic heterocycles. The van der Waals surface area contributed by atoms with E-state index in [1.165, 1.54) is 24.8 Å². The molecule has 0 aromatic carbocycles. The lowest BCUT2D eigenvalue weighted by molar-refractivity contribution is -0.490. The van der Waals surface area contributed by atoms with Crippen LogP contribution in [0.15, 0.2) is 0 Å². The van der Waals surface area contributed by atoms with Gasteiger partial charge in [-0.05, 0) is 19.8 Å². The predicted octanol–water partition coefficient (Wildman–Crippen LogP) is 0.250. The Hall–Kier alpha value is -0.950. The van der Waals surface area contributed by atoms with Gasteiger partial charge in [-0.1, -0.05) is 13.8 Å². The minimum absolute atomic E-state index is 0.0235. The molecule has 0 aliphatic carbocycles. The summed E-state index contributed by atoms with van der Waals surface area (Å²) in [7, 11) is 3.83. The molecular weight excluding hydrogens is 367 g/mol. The molecule has 2 heterocycles. The minimum atomic E-state index is -4.72. The Bertz CT molecular complexity index is 550. The fourth-order valence-corrected chi connectivity index (χ4v) is 3.20. The monoisotopic (exact) mass is 406 g/mol. The highest BCUT2D eigenvalue weighted by atomic mass is 31.2. The second kappa shape index (κ2) is 11.1. The van der Waals surface area contributed by atoms with E-state index in [4.69, 9.17) is 0 Å². The van der Waals surface area contributed by atoms with Gasteiger partial charge in [0.2, 0.25) is 11.7 Å². The molecule has 0 spiro atoms. The van der Waals surface area contributed by atoms with E-state index in [9.17, 15) is 14.4 Å². The van der Waals surface area contributed by atoms with Crippen LogP contribution >= 0.6 is 7.82 Å². The van der Waals surface area contributed by atoms with Gasteiger partial charge in [0, 0.05) is 13.8 Å². The van der Waals surface area contributed by atoms with E-state index in [0.29, 0.717) is 12.1 Å². The number of phosphoric acid groups is 1. The Balaban J connectivity index is 0.000000376. The summed E-state index contributed by atoms with van der Waals surface area (Å²) in [6.45, 7) is 14.6. The van der Waals surface area contributed by atoms with Crippen LogP contribution in [0.4, 0.5) is 0 Å². The molecule has 0 saturated carbocycles. The van der Waals surface area contributed by atoms with E-state index < -0.39 is 7.82 Å². The molecule has 2 aliphatic rings. The first-order chi connectivity index (χ1) is 12.2. The molecule has 2 atom stereocenters.